The molecule has 0 amide bonds. The lowest BCUT2D eigenvalue weighted by atomic mass is 10.2. The van der Waals surface area contributed by atoms with Crippen LogP contribution in [0.25, 0.3) is 0 Å². The molecule has 0 bridgehead atoms. The molecule has 1 aromatic carbocycles. The molecule has 2 N–H and O–H groups in total. The van der Waals surface area contributed by atoms with E-state index in [4.69, 9.17) is 9.52 Å². The molecule has 2 rings (SSSR count). The highest BCUT2D eigenvalue weighted by Gasteiger charge is 1.95. The van der Waals surface area contributed by atoms with Crippen LogP contribution in [0.2, 0.25) is 0 Å². The Labute approximate surface area is 88.4 Å². The maximum Gasteiger partial charge on any atom is 0.0952 e. The van der Waals surface area contributed by atoms with E-state index >= 15 is 0 Å². The van der Waals surface area contributed by atoms with Crippen molar-refractivity contribution in [3.05, 3.63) is 54.0 Å². The smallest absolute Gasteiger partial charge is 0.0952 e. The molecule has 78 valence electrons. The van der Waals surface area contributed by atoms with Crippen LogP contribution in [0.5, 0.6) is 0 Å². The topological polar surface area (TPSA) is 45.4 Å². The SMILES string of the molecule is OCc1ccc(NCc2ccoc2)cc1. The average Bonchev–Trinajstić information content (AvgIpc) is 2.80. The molecule has 3 heteroatoms. The minimum Gasteiger partial charge on any atom is -0.472 e. The summed E-state index contributed by atoms with van der Waals surface area (Å²) in [6.07, 6.45) is 3.38. The summed E-state index contributed by atoms with van der Waals surface area (Å²) in [4.78, 5) is 0. The Morgan fingerprint density at radius 1 is 1.07 bits per heavy atom. The van der Waals surface area contributed by atoms with E-state index in [9.17, 15) is 0 Å². The second kappa shape index (κ2) is 4.66. The summed E-state index contributed by atoms with van der Waals surface area (Å²) in [7, 11) is 0. The molecule has 0 atom stereocenters. The van der Waals surface area contributed by atoms with Gasteiger partial charge in [-0.2, -0.15) is 0 Å². The zero-order valence-electron chi connectivity index (χ0n) is 8.31. The Balaban J connectivity index is 1.93. The lowest BCUT2D eigenvalue weighted by molar-refractivity contribution is 0.282. The van der Waals surface area contributed by atoms with E-state index in [2.05, 4.69) is 5.32 Å². The summed E-state index contributed by atoms with van der Waals surface area (Å²) in [6.45, 7) is 0.830. The molecule has 0 fully saturated rings. The molecule has 3 nitrogen and oxygen atoms in total. The van der Waals surface area contributed by atoms with Gasteiger partial charge in [0.15, 0.2) is 0 Å². The van der Waals surface area contributed by atoms with Crippen molar-refractivity contribution < 1.29 is 9.52 Å². The zero-order chi connectivity index (χ0) is 10.5. The fourth-order valence-corrected chi connectivity index (χ4v) is 1.33. The first-order chi connectivity index (χ1) is 7.38. The van der Waals surface area contributed by atoms with Crippen molar-refractivity contribution in [3.8, 4) is 0 Å². The average molecular weight is 203 g/mol. The number of aliphatic hydroxyl groups excluding tert-OH is 1. The van der Waals surface area contributed by atoms with Crippen molar-refractivity contribution in [2.45, 2.75) is 13.2 Å². The van der Waals surface area contributed by atoms with Gasteiger partial charge >= 0.3 is 0 Å². The monoisotopic (exact) mass is 203 g/mol. The Kier molecular flexibility index (Phi) is 3.05. The van der Waals surface area contributed by atoms with Gasteiger partial charge in [-0.15, -0.1) is 0 Å². The Morgan fingerprint density at radius 2 is 1.87 bits per heavy atom. The van der Waals surface area contributed by atoms with Crippen molar-refractivity contribution in [2.24, 2.45) is 0 Å². The van der Waals surface area contributed by atoms with Crippen LogP contribution in [0.4, 0.5) is 5.69 Å². The summed E-state index contributed by atoms with van der Waals surface area (Å²) in [5.41, 5.74) is 3.07. The zero-order valence-corrected chi connectivity index (χ0v) is 8.31. The number of nitrogens with one attached hydrogen (secondary N) is 1. The predicted molar refractivity (Wildman–Crippen MR) is 58.4 cm³/mol. The highest BCUT2D eigenvalue weighted by molar-refractivity contribution is 5.44. The lowest BCUT2D eigenvalue weighted by Crippen LogP contribution is -1.97. The number of furan rings is 1. The van der Waals surface area contributed by atoms with Gasteiger partial charge < -0.3 is 14.8 Å². The Morgan fingerprint density at radius 3 is 2.47 bits per heavy atom. The fraction of sp³-hybridized carbons (Fsp3) is 0.167. The summed E-state index contributed by atoms with van der Waals surface area (Å²) in [5, 5.41) is 12.1. The van der Waals surface area contributed by atoms with Gasteiger partial charge in [0.2, 0.25) is 0 Å². The molecule has 0 unspecified atom stereocenters. The lowest BCUT2D eigenvalue weighted by Gasteiger charge is -2.04. The van der Waals surface area contributed by atoms with Crippen LogP contribution in [0, 0.1) is 0 Å². The third-order valence-corrected chi connectivity index (χ3v) is 2.21. The molecule has 0 aliphatic rings. The van der Waals surface area contributed by atoms with E-state index in [-0.39, 0.29) is 6.61 Å². The molecule has 0 aliphatic heterocycles. The van der Waals surface area contributed by atoms with Gasteiger partial charge in [-0.1, -0.05) is 12.1 Å². The first-order valence-electron chi connectivity index (χ1n) is 4.83. The van der Waals surface area contributed by atoms with Crippen molar-refractivity contribution >= 4 is 5.69 Å². The molecule has 0 saturated heterocycles. The second-order valence-electron chi connectivity index (χ2n) is 3.34. The molecule has 0 aliphatic carbocycles. The highest BCUT2D eigenvalue weighted by Crippen LogP contribution is 2.11. The number of aliphatic hydroxyl groups is 1. The number of anilines is 1. The summed E-state index contributed by atoms with van der Waals surface area (Å²) in [5.74, 6) is 0. The van der Waals surface area contributed by atoms with Crippen molar-refractivity contribution in [2.75, 3.05) is 5.32 Å². The first-order valence-corrected chi connectivity index (χ1v) is 4.83. The quantitative estimate of drug-likeness (QED) is 0.802. The standard InChI is InChI=1S/C12H13NO2/c14-8-10-1-3-12(4-2-10)13-7-11-5-6-15-9-11/h1-6,9,13-14H,7-8H2. The predicted octanol–water partition coefficient (Wildman–Crippen LogP) is 2.38. The maximum absolute atomic E-state index is 8.88. The summed E-state index contributed by atoms with van der Waals surface area (Å²) < 4.78 is 4.97. The van der Waals surface area contributed by atoms with Gasteiger partial charge in [-0.05, 0) is 23.8 Å². The van der Waals surface area contributed by atoms with E-state index in [1.54, 1.807) is 12.5 Å². The van der Waals surface area contributed by atoms with Crippen molar-refractivity contribution in [3.63, 3.8) is 0 Å². The maximum atomic E-state index is 8.88. The number of hydrogen-bond donors (Lipinski definition) is 2. The van der Waals surface area contributed by atoms with Crippen molar-refractivity contribution in [1.82, 2.24) is 0 Å². The fourth-order valence-electron chi connectivity index (χ4n) is 1.33. The highest BCUT2D eigenvalue weighted by atomic mass is 16.3. The van der Waals surface area contributed by atoms with Crippen LogP contribution in [-0.4, -0.2) is 5.11 Å². The Bertz CT molecular complexity index is 392. The van der Waals surface area contributed by atoms with Gasteiger partial charge in [-0.3, -0.25) is 0 Å². The van der Waals surface area contributed by atoms with E-state index in [0.717, 1.165) is 23.4 Å². The molecule has 15 heavy (non-hydrogen) atoms. The molecule has 1 aromatic heterocycles. The number of hydrogen-bond acceptors (Lipinski definition) is 3. The molecular formula is C12H13NO2. The first kappa shape index (κ1) is 9.80. The normalized spacial score (nSPS) is 10.2. The second-order valence-corrected chi connectivity index (χ2v) is 3.34. The molecule has 2 aromatic rings. The Hall–Kier alpha value is -1.74. The molecule has 0 saturated carbocycles. The molecular weight excluding hydrogens is 190 g/mol. The van der Waals surface area contributed by atoms with Crippen LogP contribution in [-0.2, 0) is 13.2 Å². The van der Waals surface area contributed by atoms with Gasteiger partial charge in [0.1, 0.15) is 0 Å². The van der Waals surface area contributed by atoms with Crippen LogP contribution in [0.15, 0.2) is 47.3 Å². The van der Waals surface area contributed by atoms with E-state index in [0.29, 0.717) is 0 Å². The largest absolute Gasteiger partial charge is 0.472 e. The van der Waals surface area contributed by atoms with E-state index in [1.807, 2.05) is 30.3 Å². The van der Waals surface area contributed by atoms with Gasteiger partial charge in [0.25, 0.3) is 0 Å². The van der Waals surface area contributed by atoms with Crippen LogP contribution in [0.3, 0.4) is 0 Å². The van der Waals surface area contributed by atoms with E-state index < -0.39 is 0 Å². The summed E-state index contributed by atoms with van der Waals surface area (Å²) >= 11 is 0. The van der Waals surface area contributed by atoms with Gasteiger partial charge in [0, 0.05) is 17.8 Å². The molecule has 1 heterocycles. The molecule has 0 radical (unpaired) electrons. The van der Waals surface area contributed by atoms with Gasteiger partial charge in [0.05, 0.1) is 19.1 Å². The molecule has 0 spiro atoms. The number of benzene rings is 1. The van der Waals surface area contributed by atoms with Crippen molar-refractivity contribution in [1.29, 1.82) is 0 Å². The van der Waals surface area contributed by atoms with Gasteiger partial charge in [-0.25, -0.2) is 0 Å². The minimum atomic E-state index is 0.0853. The third kappa shape index (κ3) is 2.60. The van der Waals surface area contributed by atoms with Crippen LogP contribution in [0.1, 0.15) is 11.1 Å². The van der Waals surface area contributed by atoms with Crippen LogP contribution < -0.4 is 5.32 Å². The van der Waals surface area contributed by atoms with E-state index in [1.165, 1.54) is 0 Å². The number of rotatable bonds is 4. The summed E-state index contributed by atoms with van der Waals surface area (Å²) in [6, 6.07) is 9.63. The van der Waals surface area contributed by atoms with Crippen LogP contribution >= 0.6 is 0 Å². The third-order valence-electron chi connectivity index (χ3n) is 2.21. The minimum absolute atomic E-state index is 0.0853.